The minimum Gasteiger partial charge on any atom is -0.482 e. The zero-order valence-electron chi connectivity index (χ0n) is 15.4. The fourth-order valence-electron chi connectivity index (χ4n) is 2.88. The number of amides is 2. The highest BCUT2D eigenvalue weighted by atomic mass is 32.2. The molecule has 0 fully saturated rings. The van der Waals surface area contributed by atoms with Gasteiger partial charge in [-0.05, 0) is 36.9 Å². The Hall–Kier alpha value is -3.07. The number of ether oxygens (including phenoxy) is 1. The van der Waals surface area contributed by atoms with Crippen molar-refractivity contribution < 1.29 is 19.2 Å². The van der Waals surface area contributed by atoms with Crippen molar-refractivity contribution in [2.75, 3.05) is 24.3 Å². The van der Waals surface area contributed by atoms with Gasteiger partial charge in [-0.1, -0.05) is 12.1 Å². The molecule has 1 unspecified atom stereocenters. The SMILES string of the molecule is CSc1ccc(C(C)NC(=O)CN2C(=O)COc3ccc([N+](=O)[O-])cc32)cc1. The highest BCUT2D eigenvalue weighted by molar-refractivity contribution is 7.98. The lowest BCUT2D eigenvalue weighted by atomic mass is 10.1. The first-order valence-corrected chi connectivity index (χ1v) is 9.76. The molecular formula is C19H19N3O5S. The normalized spacial score (nSPS) is 14.1. The largest absolute Gasteiger partial charge is 0.482 e. The molecule has 146 valence electrons. The monoisotopic (exact) mass is 401 g/mol. The summed E-state index contributed by atoms with van der Waals surface area (Å²) < 4.78 is 5.31. The number of rotatable bonds is 6. The predicted molar refractivity (Wildman–Crippen MR) is 106 cm³/mol. The number of thioether (sulfide) groups is 1. The number of benzene rings is 2. The summed E-state index contributed by atoms with van der Waals surface area (Å²) in [5, 5.41) is 13.9. The third-order valence-corrected chi connectivity index (χ3v) is 5.13. The van der Waals surface area contributed by atoms with E-state index in [0.29, 0.717) is 5.75 Å². The molecule has 8 nitrogen and oxygen atoms in total. The van der Waals surface area contributed by atoms with E-state index in [1.807, 2.05) is 37.4 Å². The van der Waals surface area contributed by atoms with Gasteiger partial charge >= 0.3 is 0 Å². The number of carbonyl (C=O) groups excluding carboxylic acids is 2. The van der Waals surface area contributed by atoms with Crippen LogP contribution in [0.3, 0.4) is 0 Å². The van der Waals surface area contributed by atoms with Crippen LogP contribution in [0.25, 0.3) is 0 Å². The minimum absolute atomic E-state index is 0.176. The number of fused-ring (bicyclic) bond motifs is 1. The lowest BCUT2D eigenvalue weighted by Crippen LogP contribution is -2.45. The Bertz CT molecular complexity index is 916. The second kappa shape index (κ2) is 8.30. The standard InChI is InChI=1S/C19H19N3O5S/c1-12(13-3-6-15(28-2)7-4-13)20-18(23)10-21-16-9-14(22(25)26)5-8-17(16)27-11-19(21)24/h3-9,12H,10-11H2,1-2H3,(H,20,23). The third-order valence-electron chi connectivity index (χ3n) is 4.39. The van der Waals surface area contributed by atoms with Crippen LogP contribution >= 0.6 is 11.8 Å². The van der Waals surface area contributed by atoms with Gasteiger partial charge in [0.2, 0.25) is 5.91 Å². The Balaban J connectivity index is 1.73. The van der Waals surface area contributed by atoms with Gasteiger partial charge in [-0.15, -0.1) is 11.8 Å². The van der Waals surface area contributed by atoms with Gasteiger partial charge < -0.3 is 10.1 Å². The fourth-order valence-corrected chi connectivity index (χ4v) is 3.29. The summed E-state index contributed by atoms with van der Waals surface area (Å²) in [5.41, 5.74) is 0.984. The molecule has 3 rings (SSSR count). The second-order valence-corrected chi connectivity index (χ2v) is 7.12. The first-order valence-electron chi connectivity index (χ1n) is 8.54. The summed E-state index contributed by atoms with van der Waals surface area (Å²) in [5.74, 6) is -0.465. The maximum Gasteiger partial charge on any atom is 0.271 e. The van der Waals surface area contributed by atoms with Crippen molar-refractivity contribution in [1.29, 1.82) is 0 Å². The summed E-state index contributed by atoms with van der Waals surface area (Å²) in [7, 11) is 0. The van der Waals surface area contributed by atoms with E-state index in [4.69, 9.17) is 4.74 Å². The van der Waals surface area contributed by atoms with E-state index in [1.165, 1.54) is 23.1 Å². The van der Waals surface area contributed by atoms with Gasteiger partial charge in [0.25, 0.3) is 11.6 Å². The zero-order chi connectivity index (χ0) is 20.3. The molecule has 0 aliphatic carbocycles. The van der Waals surface area contributed by atoms with Crippen LogP contribution in [0, 0.1) is 10.1 Å². The molecular weight excluding hydrogens is 382 g/mol. The van der Waals surface area contributed by atoms with Crippen LogP contribution in [0.2, 0.25) is 0 Å². The number of anilines is 1. The van der Waals surface area contributed by atoms with Crippen molar-refractivity contribution in [2.24, 2.45) is 0 Å². The lowest BCUT2D eigenvalue weighted by molar-refractivity contribution is -0.384. The number of carbonyl (C=O) groups is 2. The maximum atomic E-state index is 12.5. The summed E-state index contributed by atoms with van der Waals surface area (Å²) in [4.78, 5) is 37.6. The van der Waals surface area contributed by atoms with Crippen molar-refractivity contribution in [3.8, 4) is 5.75 Å². The number of nitro benzene ring substituents is 1. The lowest BCUT2D eigenvalue weighted by Gasteiger charge is -2.29. The first kappa shape index (κ1) is 19.7. The number of hydrogen-bond donors (Lipinski definition) is 1. The molecule has 2 aromatic rings. The predicted octanol–water partition coefficient (Wildman–Crippen LogP) is 2.92. The highest BCUT2D eigenvalue weighted by Gasteiger charge is 2.29. The molecule has 0 aromatic heterocycles. The van der Waals surface area contributed by atoms with E-state index in [1.54, 1.807) is 11.8 Å². The second-order valence-electron chi connectivity index (χ2n) is 6.24. The van der Waals surface area contributed by atoms with E-state index in [9.17, 15) is 19.7 Å². The molecule has 0 saturated carbocycles. The number of nitro groups is 1. The maximum absolute atomic E-state index is 12.5. The van der Waals surface area contributed by atoms with Crippen molar-refractivity contribution in [3.63, 3.8) is 0 Å². The third kappa shape index (κ3) is 4.25. The molecule has 1 heterocycles. The molecule has 1 aliphatic heterocycles. The minimum atomic E-state index is -0.558. The Kier molecular flexibility index (Phi) is 5.84. The van der Waals surface area contributed by atoms with Crippen molar-refractivity contribution >= 4 is 35.0 Å². The van der Waals surface area contributed by atoms with Crippen LogP contribution in [-0.2, 0) is 9.59 Å². The molecule has 0 radical (unpaired) electrons. The van der Waals surface area contributed by atoms with Crippen molar-refractivity contribution in [2.45, 2.75) is 17.9 Å². The summed E-state index contributed by atoms with van der Waals surface area (Å²) in [6.45, 7) is 1.39. The molecule has 2 amide bonds. The van der Waals surface area contributed by atoms with Crippen molar-refractivity contribution in [3.05, 3.63) is 58.1 Å². The summed E-state index contributed by atoms with van der Waals surface area (Å²) >= 11 is 1.63. The quantitative estimate of drug-likeness (QED) is 0.454. The van der Waals surface area contributed by atoms with Gasteiger partial charge in [0.1, 0.15) is 12.3 Å². The van der Waals surface area contributed by atoms with Gasteiger partial charge in [0.15, 0.2) is 6.61 Å². The molecule has 1 aliphatic rings. The van der Waals surface area contributed by atoms with Gasteiger partial charge in [-0.25, -0.2) is 0 Å². The van der Waals surface area contributed by atoms with E-state index in [2.05, 4.69) is 5.32 Å². The van der Waals surface area contributed by atoms with Gasteiger partial charge in [0, 0.05) is 17.0 Å². The molecule has 9 heteroatoms. The first-order chi connectivity index (χ1) is 13.4. The van der Waals surface area contributed by atoms with Crippen molar-refractivity contribution in [1.82, 2.24) is 5.32 Å². The Morgan fingerprint density at radius 3 is 2.68 bits per heavy atom. The number of nitrogens with one attached hydrogen (secondary N) is 1. The van der Waals surface area contributed by atoms with Crippen LogP contribution in [0.15, 0.2) is 47.4 Å². The number of hydrogen-bond acceptors (Lipinski definition) is 6. The average molecular weight is 401 g/mol. The van der Waals surface area contributed by atoms with E-state index < -0.39 is 10.8 Å². The number of non-ortho nitro benzene ring substituents is 1. The highest BCUT2D eigenvalue weighted by Crippen LogP contribution is 2.35. The van der Waals surface area contributed by atoms with Crippen LogP contribution in [0.1, 0.15) is 18.5 Å². The van der Waals surface area contributed by atoms with Gasteiger partial charge in [-0.3, -0.25) is 24.6 Å². The van der Waals surface area contributed by atoms with Gasteiger partial charge in [0.05, 0.1) is 16.7 Å². The Morgan fingerprint density at radius 2 is 2.04 bits per heavy atom. The van der Waals surface area contributed by atoms with Crippen LogP contribution in [0.5, 0.6) is 5.75 Å². The summed E-state index contributed by atoms with van der Waals surface area (Å²) in [6.07, 6.45) is 1.99. The number of nitrogens with zero attached hydrogens (tertiary/aromatic N) is 2. The molecule has 0 bridgehead atoms. The van der Waals surface area contributed by atoms with E-state index in [-0.39, 0.29) is 36.5 Å². The van der Waals surface area contributed by atoms with Gasteiger partial charge in [-0.2, -0.15) is 0 Å². The molecule has 0 saturated heterocycles. The molecule has 28 heavy (non-hydrogen) atoms. The fraction of sp³-hybridized carbons (Fsp3) is 0.263. The molecule has 0 spiro atoms. The smallest absolute Gasteiger partial charge is 0.271 e. The topological polar surface area (TPSA) is 102 Å². The van der Waals surface area contributed by atoms with E-state index >= 15 is 0 Å². The van der Waals surface area contributed by atoms with Crippen LogP contribution < -0.4 is 15.0 Å². The molecule has 1 N–H and O–H groups in total. The zero-order valence-corrected chi connectivity index (χ0v) is 16.2. The Morgan fingerprint density at radius 1 is 1.32 bits per heavy atom. The molecule has 2 aromatic carbocycles. The summed E-state index contributed by atoms with van der Waals surface area (Å²) in [6, 6.07) is 11.6. The van der Waals surface area contributed by atoms with E-state index in [0.717, 1.165) is 10.5 Å². The Labute approximate surface area is 166 Å². The van der Waals surface area contributed by atoms with Crippen LogP contribution in [0.4, 0.5) is 11.4 Å². The van der Waals surface area contributed by atoms with Crippen LogP contribution in [-0.4, -0.2) is 36.1 Å². The molecule has 1 atom stereocenters. The average Bonchev–Trinajstić information content (AvgIpc) is 2.69.